The van der Waals surface area contributed by atoms with Crippen LogP contribution in [0.1, 0.15) is 8.29 Å². The van der Waals surface area contributed by atoms with Crippen molar-refractivity contribution in [3.05, 3.63) is 12.6 Å². The Morgan fingerprint density at radius 1 is 1.89 bits per heavy atom. The maximum absolute atomic E-state index is 10.4. The highest BCUT2D eigenvalue weighted by Crippen LogP contribution is 1.79. The van der Waals surface area contributed by atoms with Crippen molar-refractivity contribution >= 4 is 11.8 Å². The molecule has 0 aliphatic rings. The predicted molar refractivity (Wildman–Crippen MR) is 31.8 cm³/mol. The van der Waals surface area contributed by atoms with Crippen molar-refractivity contribution in [2.45, 2.75) is 6.92 Å². The highest BCUT2D eigenvalue weighted by molar-refractivity contribution is 6.32. The van der Waals surface area contributed by atoms with Crippen molar-refractivity contribution in [3.8, 4) is 0 Å². The van der Waals surface area contributed by atoms with E-state index in [9.17, 15) is 9.59 Å². The highest BCUT2D eigenvalue weighted by Gasteiger charge is 2.05. The van der Waals surface area contributed by atoms with Crippen molar-refractivity contribution in [2.24, 2.45) is 0 Å². The van der Waals surface area contributed by atoms with Gasteiger partial charge in [0.05, 0.1) is 1.37 Å². The Labute approximate surface area is 54.7 Å². The van der Waals surface area contributed by atoms with Gasteiger partial charge in [0.2, 0.25) is 5.78 Å². The Morgan fingerprint density at radius 2 is 2.56 bits per heavy atom. The molecule has 0 saturated carbocycles. The molecule has 0 aromatic carbocycles. The van der Waals surface area contributed by atoms with E-state index in [0.29, 0.717) is 0 Å². The van der Waals surface area contributed by atoms with Gasteiger partial charge in [-0.1, -0.05) is 12.6 Å². The van der Waals surface area contributed by atoms with E-state index in [-0.39, 0.29) is 6.61 Å². The first kappa shape index (κ1) is 6.01. The minimum absolute atomic E-state index is 0.0120. The first-order valence-corrected chi connectivity index (χ1v) is 2.39. The van der Waals surface area contributed by atoms with Gasteiger partial charge in [0.15, 0.2) is 0 Å². The fraction of sp³-hybridized carbons (Fsp3) is 0.333. The Balaban J connectivity index is 3.50. The smallest absolute Gasteiger partial charge is 0.374 e. The number of carbonyl (C=O) groups is 2. The summed E-state index contributed by atoms with van der Waals surface area (Å²) in [6.45, 7) is 2.11. The lowest BCUT2D eigenvalue weighted by Crippen LogP contribution is -2.13. The summed E-state index contributed by atoms with van der Waals surface area (Å²) in [6.07, 6.45) is 1.32. The van der Waals surface area contributed by atoms with E-state index in [1.54, 1.807) is 0 Å². The maximum Gasteiger partial charge on any atom is 0.374 e. The third-order valence-corrected chi connectivity index (χ3v) is 0.598. The summed E-state index contributed by atoms with van der Waals surface area (Å²) < 4.78 is 10.8. The molecule has 0 heterocycles. The zero-order chi connectivity index (χ0) is 7.98. The zero-order valence-electron chi connectivity index (χ0n) is 6.09. The van der Waals surface area contributed by atoms with E-state index in [2.05, 4.69) is 4.74 Å². The first-order chi connectivity index (χ1) is 4.68. The Hall–Kier alpha value is -1.12. The summed E-state index contributed by atoms with van der Waals surface area (Å²) in [5, 5.41) is 0. The lowest BCUT2D eigenvalue weighted by atomic mass is 10.5. The maximum atomic E-state index is 10.4. The van der Waals surface area contributed by atoms with Gasteiger partial charge < -0.3 is 4.74 Å². The molecule has 0 bridgehead atoms. The fourth-order valence-electron chi connectivity index (χ4n) is 0.225. The second-order valence-corrected chi connectivity index (χ2v) is 1.39. The quantitative estimate of drug-likeness (QED) is 0.313. The van der Waals surface area contributed by atoms with Crippen LogP contribution in [-0.2, 0) is 14.3 Å². The third kappa shape index (κ3) is 3.46. The van der Waals surface area contributed by atoms with Gasteiger partial charge in [-0.3, -0.25) is 4.79 Å². The second kappa shape index (κ2) is 3.83. The Morgan fingerprint density at radius 3 is 3.00 bits per heavy atom. The minimum Gasteiger partial charge on any atom is -0.456 e. The largest absolute Gasteiger partial charge is 0.456 e. The van der Waals surface area contributed by atoms with Crippen LogP contribution in [-0.4, -0.2) is 18.4 Å². The number of esters is 1. The number of ether oxygens (including phenoxy) is 1. The van der Waals surface area contributed by atoms with Crippen LogP contribution in [0.15, 0.2) is 12.6 Å². The minimum atomic E-state index is -0.863. The van der Waals surface area contributed by atoms with Crippen LogP contribution in [0.25, 0.3) is 0 Å². The molecule has 0 saturated heterocycles. The molecule has 0 aromatic heterocycles. The molecule has 0 fully saturated rings. The molecule has 0 N–H and O–H groups in total. The number of rotatable bonds is 3. The molecule has 3 heteroatoms. The molecule has 0 amide bonds. The number of hydrogen-bond acceptors (Lipinski definition) is 3. The van der Waals surface area contributed by atoms with E-state index in [4.69, 9.17) is 1.37 Å². The van der Waals surface area contributed by atoms with Gasteiger partial charge in [-0.2, -0.15) is 0 Å². The molecule has 0 rings (SSSR count). The van der Waals surface area contributed by atoms with Crippen molar-refractivity contribution in [3.63, 3.8) is 0 Å². The summed E-state index contributed by atoms with van der Waals surface area (Å²) in [4.78, 5) is 20.5. The van der Waals surface area contributed by atoms with Crippen molar-refractivity contribution in [1.82, 2.24) is 0 Å². The summed E-state index contributed by atoms with van der Waals surface area (Å²) in [5.41, 5.74) is 0. The number of ketones is 1. The van der Waals surface area contributed by atoms with E-state index in [1.807, 2.05) is 0 Å². The molecule has 50 valence electrons. The van der Waals surface area contributed by atoms with Crippen molar-refractivity contribution in [1.29, 1.82) is 0 Å². The van der Waals surface area contributed by atoms with Gasteiger partial charge in [0.1, 0.15) is 6.61 Å². The number of hydrogen-bond donors (Lipinski definition) is 0. The van der Waals surface area contributed by atoms with Gasteiger partial charge >= 0.3 is 5.97 Å². The average molecular weight is 129 g/mol. The Bertz CT molecular complexity index is 162. The van der Waals surface area contributed by atoms with Crippen LogP contribution in [0.3, 0.4) is 0 Å². The SMILES string of the molecule is [2H]C=CCOC(=O)C(C)=O. The molecule has 0 aromatic rings. The molecule has 0 unspecified atom stereocenters. The second-order valence-electron chi connectivity index (χ2n) is 1.39. The molecular formula is C6H8O3. The van der Waals surface area contributed by atoms with Crippen LogP contribution in [0.5, 0.6) is 0 Å². The zero-order valence-corrected chi connectivity index (χ0v) is 5.09. The van der Waals surface area contributed by atoms with E-state index in [0.717, 1.165) is 13.5 Å². The van der Waals surface area contributed by atoms with Crippen LogP contribution < -0.4 is 0 Å². The summed E-state index contributed by atoms with van der Waals surface area (Å²) in [7, 11) is 0. The number of Topliss-reactive ketones (excluding diaryl/α,β-unsaturated/α-hetero) is 1. The van der Waals surface area contributed by atoms with Gasteiger partial charge in [-0.25, -0.2) is 4.79 Å². The average Bonchev–Trinajstić information content (AvgIpc) is 1.88. The Kier molecular flexibility index (Phi) is 2.56. The summed E-state index contributed by atoms with van der Waals surface area (Å²) in [6, 6.07) is 0. The molecular weight excluding hydrogens is 120 g/mol. The lowest BCUT2D eigenvalue weighted by molar-refractivity contribution is -0.151. The van der Waals surface area contributed by atoms with Crippen LogP contribution in [0.4, 0.5) is 0 Å². The number of carbonyl (C=O) groups excluding carboxylic acids is 2. The van der Waals surface area contributed by atoms with Crippen LogP contribution in [0, 0.1) is 0 Å². The topological polar surface area (TPSA) is 43.4 Å². The fourth-order valence-corrected chi connectivity index (χ4v) is 0.225. The van der Waals surface area contributed by atoms with Gasteiger partial charge in [-0.15, -0.1) is 0 Å². The van der Waals surface area contributed by atoms with Gasteiger partial charge in [0, 0.05) is 6.92 Å². The van der Waals surface area contributed by atoms with Crippen LogP contribution in [0.2, 0.25) is 0 Å². The van der Waals surface area contributed by atoms with E-state index < -0.39 is 11.8 Å². The summed E-state index contributed by atoms with van der Waals surface area (Å²) >= 11 is 0. The van der Waals surface area contributed by atoms with Crippen molar-refractivity contribution in [2.75, 3.05) is 6.61 Å². The predicted octanol–water partition coefficient (Wildman–Crippen LogP) is 0.305. The highest BCUT2D eigenvalue weighted by atomic mass is 16.5. The lowest BCUT2D eigenvalue weighted by Gasteiger charge is -1.94. The van der Waals surface area contributed by atoms with Crippen molar-refractivity contribution < 1.29 is 15.7 Å². The standard InChI is InChI=1S/C6H8O3/c1-3-4-9-6(8)5(2)7/h3H,1,4H2,2H3/i1D. The molecule has 0 atom stereocenters. The van der Waals surface area contributed by atoms with Gasteiger partial charge in [-0.05, 0) is 0 Å². The molecule has 0 radical (unpaired) electrons. The normalized spacial score (nSPS) is 11.0. The molecule has 0 spiro atoms. The summed E-state index contributed by atoms with van der Waals surface area (Å²) in [5.74, 6) is -1.49. The van der Waals surface area contributed by atoms with E-state index in [1.165, 1.54) is 6.08 Å². The third-order valence-electron chi connectivity index (χ3n) is 0.598. The first-order valence-electron chi connectivity index (χ1n) is 2.97. The molecule has 0 aliphatic carbocycles. The van der Waals surface area contributed by atoms with E-state index >= 15 is 0 Å². The monoisotopic (exact) mass is 129 g/mol. The molecule has 0 aliphatic heterocycles. The van der Waals surface area contributed by atoms with Crippen LogP contribution >= 0.6 is 0 Å². The molecule has 9 heavy (non-hydrogen) atoms. The van der Waals surface area contributed by atoms with Gasteiger partial charge in [0.25, 0.3) is 0 Å². The molecule has 3 nitrogen and oxygen atoms in total.